The number of hydrogen-bond acceptors (Lipinski definition) is 7. The Balaban J connectivity index is 1.58. The molecular weight excluding hydrogens is 466 g/mol. The second kappa shape index (κ2) is 12.1. The largest absolute Gasteiger partial charge is 0.497 e. The van der Waals surface area contributed by atoms with Crippen LogP contribution in [-0.4, -0.2) is 57.1 Å². The third kappa shape index (κ3) is 6.74. The Labute approximate surface area is 209 Å². The number of benzene rings is 2. The number of rotatable bonds is 10. The van der Waals surface area contributed by atoms with E-state index in [2.05, 4.69) is 10.6 Å². The third-order valence-corrected chi connectivity index (χ3v) is 5.68. The number of carbonyl (C=O) groups is 4. The quantitative estimate of drug-likeness (QED) is 0.484. The number of nitrogens with zero attached hydrogens (tertiary/aromatic N) is 1. The summed E-state index contributed by atoms with van der Waals surface area (Å²) in [5.41, 5.74) is 1.43. The molecule has 36 heavy (non-hydrogen) atoms. The minimum atomic E-state index is -0.980. The molecular formula is C26H31N3O7. The maximum Gasteiger partial charge on any atom is 0.329 e. The van der Waals surface area contributed by atoms with E-state index in [1.54, 1.807) is 49.1 Å². The molecule has 2 N–H and O–H groups in total. The van der Waals surface area contributed by atoms with Crippen molar-refractivity contribution in [1.82, 2.24) is 5.32 Å². The lowest BCUT2D eigenvalue weighted by molar-refractivity contribution is -0.150. The van der Waals surface area contributed by atoms with E-state index in [0.29, 0.717) is 35.8 Å². The summed E-state index contributed by atoms with van der Waals surface area (Å²) in [5, 5.41) is 5.32. The molecule has 1 saturated heterocycles. The van der Waals surface area contributed by atoms with Crippen molar-refractivity contribution in [3.63, 3.8) is 0 Å². The highest BCUT2D eigenvalue weighted by Crippen LogP contribution is 2.25. The molecule has 10 heteroatoms. The van der Waals surface area contributed by atoms with Crippen molar-refractivity contribution < 1.29 is 33.4 Å². The molecule has 0 aromatic heterocycles. The van der Waals surface area contributed by atoms with Crippen molar-refractivity contribution in [2.75, 3.05) is 37.6 Å². The Hall–Kier alpha value is -4.08. The number of methoxy groups -OCH3 is 2. The van der Waals surface area contributed by atoms with Crippen molar-refractivity contribution >= 4 is 35.1 Å². The molecule has 3 amide bonds. The zero-order valence-corrected chi connectivity index (χ0v) is 20.8. The first-order valence-electron chi connectivity index (χ1n) is 11.6. The van der Waals surface area contributed by atoms with E-state index in [0.717, 1.165) is 6.42 Å². The molecule has 2 aromatic rings. The molecule has 0 spiro atoms. The molecule has 0 unspecified atom stereocenters. The van der Waals surface area contributed by atoms with Crippen molar-refractivity contribution in [2.24, 2.45) is 5.92 Å². The molecule has 0 aliphatic carbocycles. The predicted molar refractivity (Wildman–Crippen MR) is 133 cm³/mol. The van der Waals surface area contributed by atoms with E-state index < -0.39 is 30.4 Å². The monoisotopic (exact) mass is 497 g/mol. The molecule has 2 aromatic carbocycles. The van der Waals surface area contributed by atoms with Crippen LogP contribution >= 0.6 is 0 Å². The van der Waals surface area contributed by atoms with Gasteiger partial charge in [0.15, 0.2) is 6.61 Å². The lowest BCUT2D eigenvalue weighted by Crippen LogP contribution is -2.46. The van der Waals surface area contributed by atoms with Crippen molar-refractivity contribution in [2.45, 2.75) is 32.7 Å². The summed E-state index contributed by atoms with van der Waals surface area (Å²) in [7, 11) is 2.94. The number of nitrogens with one attached hydrogen (secondary N) is 2. The van der Waals surface area contributed by atoms with E-state index in [9.17, 15) is 19.2 Å². The highest BCUT2D eigenvalue weighted by Gasteiger charge is 2.27. The summed E-state index contributed by atoms with van der Waals surface area (Å²) >= 11 is 0. The van der Waals surface area contributed by atoms with Gasteiger partial charge in [0.2, 0.25) is 5.91 Å². The average molecular weight is 498 g/mol. The second-order valence-corrected chi connectivity index (χ2v) is 8.65. The van der Waals surface area contributed by atoms with Crippen LogP contribution in [-0.2, 0) is 19.1 Å². The number of carbonyl (C=O) groups excluding carboxylic acids is 4. The number of esters is 1. The predicted octanol–water partition coefficient (Wildman–Crippen LogP) is 2.77. The molecule has 1 fully saturated rings. The fraction of sp³-hybridized carbons (Fsp3) is 0.385. The Morgan fingerprint density at radius 1 is 1.03 bits per heavy atom. The summed E-state index contributed by atoms with van der Waals surface area (Å²) in [4.78, 5) is 51.6. The first kappa shape index (κ1) is 26.5. The summed E-state index contributed by atoms with van der Waals surface area (Å²) in [6, 6.07) is 10.6. The van der Waals surface area contributed by atoms with Gasteiger partial charge >= 0.3 is 5.97 Å². The molecule has 0 saturated carbocycles. The highest BCUT2D eigenvalue weighted by atomic mass is 16.5. The highest BCUT2D eigenvalue weighted by molar-refractivity contribution is 5.99. The topological polar surface area (TPSA) is 123 Å². The van der Waals surface area contributed by atoms with Crippen LogP contribution in [0.2, 0.25) is 0 Å². The van der Waals surface area contributed by atoms with Crippen LogP contribution in [0.4, 0.5) is 11.4 Å². The summed E-state index contributed by atoms with van der Waals surface area (Å²) < 4.78 is 15.6. The Kier molecular flexibility index (Phi) is 8.88. The first-order valence-corrected chi connectivity index (χ1v) is 11.6. The lowest BCUT2D eigenvalue weighted by Gasteiger charge is -2.21. The van der Waals surface area contributed by atoms with Gasteiger partial charge in [-0.15, -0.1) is 0 Å². The zero-order valence-electron chi connectivity index (χ0n) is 20.8. The standard InChI is InChI=1S/C26H31N3O7/c1-16(2)24(28-25(32)17-11-20(34-3)14-21(12-17)35-4)26(33)36-15-22(30)27-18-7-5-8-19(13-18)29-10-6-9-23(29)31/h5,7-8,11-14,16,24H,6,9-10,15H2,1-4H3,(H,27,30)(H,28,32)/t24-/m0/s1. The number of hydrogen-bond donors (Lipinski definition) is 2. The van der Waals surface area contributed by atoms with Crippen LogP contribution in [0.25, 0.3) is 0 Å². The fourth-order valence-electron chi connectivity index (χ4n) is 3.76. The molecule has 10 nitrogen and oxygen atoms in total. The van der Waals surface area contributed by atoms with Gasteiger partial charge in [0.05, 0.1) is 14.2 Å². The summed E-state index contributed by atoms with van der Waals surface area (Å²) in [6.07, 6.45) is 1.30. The molecule has 3 rings (SSSR count). The van der Waals surface area contributed by atoms with Gasteiger partial charge in [-0.05, 0) is 42.7 Å². The van der Waals surface area contributed by atoms with Crippen LogP contribution in [0.15, 0.2) is 42.5 Å². The maximum atomic E-state index is 12.8. The number of amides is 3. The van der Waals surface area contributed by atoms with Crippen LogP contribution in [0.1, 0.15) is 37.0 Å². The number of ether oxygens (including phenoxy) is 3. The molecule has 0 radical (unpaired) electrons. The lowest BCUT2D eigenvalue weighted by atomic mass is 10.0. The van der Waals surface area contributed by atoms with E-state index in [4.69, 9.17) is 14.2 Å². The van der Waals surface area contributed by atoms with E-state index in [1.807, 2.05) is 0 Å². The van der Waals surface area contributed by atoms with Gasteiger partial charge < -0.3 is 29.7 Å². The first-order chi connectivity index (χ1) is 17.2. The Morgan fingerprint density at radius 3 is 2.31 bits per heavy atom. The minimum absolute atomic E-state index is 0.0431. The van der Waals surface area contributed by atoms with Crippen molar-refractivity contribution in [3.05, 3.63) is 48.0 Å². The average Bonchev–Trinajstić information content (AvgIpc) is 3.31. The van der Waals surface area contributed by atoms with Crippen molar-refractivity contribution in [1.29, 1.82) is 0 Å². The molecule has 0 bridgehead atoms. The van der Waals surface area contributed by atoms with Gasteiger partial charge in [-0.2, -0.15) is 0 Å². The minimum Gasteiger partial charge on any atom is -0.497 e. The number of anilines is 2. The third-order valence-electron chi connectivity index (χ3n) is 5.68. The Morgan fingerprint density at radius 2 is 1.72 bits per heavy atom. The van der Waals surface area contributed by atoms with Gasteiger partial charge in [-0.3, -0.25) is 14.4 Å². The van der Waals surface area contributed by atoms with Gasteiger partial charge in [-0.1, -0.05) is 19.9 Å². The van der Waals surface area contributed by atoms with E-state index in [1.165, 1.54) is 26.4 Å². The second-order valence-electron chi connectivity index (χ2n) is 8.65. The van der Waals surface area contributed by atoms with E-state index in [-0.39, 0.29) is 17.4 Å². The summed E-state index contributed by atoms with van der Waals surface area (Å²) in [6.45, 7) is 3.61. The van der Waals surface area contributed by atoms with Gasteiger partial charge in [-0.25, -0.2) is 4.79 Å². The van der Waals surface area contributed by atoms with Crippen LogP contribution in [0.5, 0.6) is 11.5 Å². The van der Waals surface area contributed by atoms with Crippen molar-refractivity contribution in [3.8, 4) is 11.5 Å². The van der Waals surface area contributed by atoms with Gasteiger partial charge in [0, 0.05) is 36.0 Å². The molecule has 1 aliphatic heterocycles. The van der Waals surface area contributed by atoms with Crippen LogP contribution in [0, 0.1) is 5.92 Å². The van der Waals surface area contributed by atoms with Crippen LogP contribution < -0.4 is 25.0 Å². The fourth-order valence-corrected chi connectivity index (χ4v) is 3.76. The summed E-state index contributed by atoms with van der Waals surface area (Å²) in [5.74, 6) is -1.19. The Bertz CT molecular complexity index is 1110. The zero-order chi connectivity index (χ0) is 26.2. The van der Waals surface area contributed by atoms with Gasteiger partial charge in [0.1, 0.15) is 17.5 Å². The molecule has 1 atom stereocenters. The molecule has 192 valence electrons. The SMILES string of the molecule is COc1cc(OC)cc(C(=O)N[C@H](C(=O)OCC(=O)Nc2cccc(N3CCCC3=O)c2)C(C)C)c1. The molecule has 1 heterocycles. The molecule has 1 aliphatic rings. The van der Waals surface area contributed by atoms with Crippen LogP contribution in [0.3, 0.4) is 0 Å². The van der Waals surface area contributed by atoms with Gasteiger partial charge in [0.25, 0.3) is 11.8 Å². The maximum absolute atomic E-state index is 12.8. The normalized spacial score (nSPS) is 13.8. The van der Waals surface area contributed by atoms with E-state index >= 15 is 0 Å². The smallest absolute Gasteiger partial charge is 0.329 e.